The lowest BCUT2D eigenvalue weighted by atomic mass is 10.1. The highest BCUT2D eigenvalue weighted by molar-refractivity contribution is 6.21. The number of aromatic nitrogens is 1. The molecule has 0 bridgehead atoms. The summed E-state index contributed by atoms with van der Waals surface area (Å²) >= 11 is 0. The first-order chi connectivity index (χ1) is 16.1. The van der Waals surface area contributed by atoms with Crippen molar-refractivity contribution in [1.82, 2.24) is 14.4 Å². The zero-order chi connectivity index (χ0) is 22.9. The fourth-order valence-electron chi connectivity index (χ4n) is 4.34. The summed E-state index contributed by atoms with van der Waals surface area (Å²) in [5.41, 5.74) is 2.38. The van der Waals surface area contributed by atoms with E-state index in [1.165, 1.54) is 0 Å². The van der Waals surface area contributed by atoms with E-state index >= 15 is 0 Å². The summed E-state index contributed by atoms with van der Waals surface area (Å²) in [5.74, 6) is -0.875. The van der Waals surface area contributed by atoms with Gasteiger partial charge in [-0.1, -0.05) is 12.1 Å². The molecule has 3 amide bonds. The van der Waals surface area contributed by atoms with Crippen LogP contribution in [0.1, 0.15) is 31.1 Å². The van der Waals surface area contributed by atoms with Crippen molar-refractivity contribution in [1.29, 1.82) is 0 Å². The molecule has 0 radical (unpaired) electrons. The second kappa shape index (κ2) is 8.63. The van der Waals surface area contributed by atoms with E-state index < -0.39 is 11.8 Å². The van der Waals surface area contributed by atoms with Crippen molar-refractivity contribution in [2.75, 3.05) is 32.8 Å². The number of benzene rings is 2. The molecule has 8 heteroatoms. The highest BCUT2D eigenvalue weighted by Gasteiger charge is 2.35. The third-order valence-corrected chi connectivity index (χ3v) is 6.08. The number of hydrogen-bond donors (Lipinski definition) is 0. The fourth-order valence-corrected chi connectivity index (χ4v) is 4.34. The highest BCUT2D eigenvalue weighted by Crippen LogP contribution is 2.25. The monoisotopic (exact) mass is 447 g/mol. The Bertz CT molecular complexity index is 1250. The first kappa shape index (κ1) is 21.1. The van der Waals surface area contributed by atoms with Crippen molar-refractivity contribution in [3.05, 3.63) is 83.3 Å². The fraction of sp³-hybridized carbons (Fsp3) is 0.240. The van der Waals surface area contributed by atoms with Crippen molar-refractivity contribution in [2.45, 2.75) is 6.54 Å². The molecule has 1 fully saturated rings. The first-order valence-corrected chi connectivity index (χ1v) is 10.8. The minimum Gasteiger partial charge on any atom is -0.378 e. The molecule has 2 aliphatic rings. The summed E-state index contributed by atoms with van der Waals surface area (Å²) < 4.78 is 20.9. The molecule has 2 aliphatic heterocycles. The molecule has 1 saturated heterocycles. The number of halogens is 1. The van der Waals surface area contributed by atoms with Gasteiger partial charge in [0.25, 0.3) is 17.7 Å². The average Bonchev–Trinajstić information content (AvgIpc) is 3.37. The SMILES string of the molecule is O=C(c1ccc2c(ccn2C/C(=C/F)CN2C(=O)c3ccccc3C2=O)c1)N1CCOCC1. The van der Waals surface area contributed by atoms with Gasteiger partial charge in [0, 0.05) is 42.3 Å². The summed E-state index contributed by atoms with van der Waals surface area (Å²) in [7, 11) is 0. The third kappa shape index (κ3) is 3.82. The van der Waals surface area contributed by atoms with Gasteiger partial charge in [0.2, 0.25) is 0 Å². The van der Waals surface area contributed by atoms with E-state index in [0.29, 0.717) is 49.3 Å². The number of fused-ring (bicyclic) bond motifs is 2. The van der Waals surface area contributed by atoms with Gasteiger partial charge < -0.3 is 14.2 Å². The van der Waals surface area contributed by atoms with Gasteiger partial charge in [0.05, 0.1) is 37.2 Å². The average molecular weight is 447 g/mol. The number of carbonyl (C=O) groups is 3. The van der Waals surface area contributed by atoms with Crippen LogP contribution in [0.25, 0.3) is 10.9 Å². The van der Waals surface area contributed by atoms with Crippen LogP contribution >= 0.6 is 0 Å². The summed E-state index contributed by atoms with van der Waals surface area (Å²) in [4.78, 5) is 40.8. The number of nitrogens with zero attached hydrogens (tertiary/aromatic N) is 3. The summed E-state index contributed by atoms with van der Waals surface area (Å²) in [6, 6.07) is 13.9. The molecule has 3 heterocycles. The van der Waals surface area contributed by atoms with Crippen molar-refractivity contribution in [2.24, 2.45) is 0 Å². The van der Waals surface area contributed by atoms with E-state index in [1.807, 2.05) is 22.8 Å². The maximum absolute atomic E-state index is 13.8. The molecule has 0 N–H and O–H groups in total. The Morgan fingerprint density at radius 3 is 2.33 bits per heavy atom. The molecule has 33 heavy (non-hydrogen) atoms. The van der Waals surface area contributed by atoms with Crippen LogP contribution < -0.4 is 0 Å². The minimum atomic E-state index is -0.418. The molecule has 2 aromatic carbocycles. The van der Waals surface area contributed by atoms with Crippen LogP contribution in [0.2, 0.25) is 0 Å². The number of morpholine rings is 1. The summed E-state index contributed by atoms with van der Waals surface area (Å²) in [6.07, 6.45) is 2.26. The van der Waals surface area contributed by atoms with Gasteiger partial charge in [-0.25, -0.2) is 4.39 Å². The molecule has 0 unspecified atom stereocenters. The predicted octanol–water partition coefficient (Wildman–Crippen LogP) is 3.26. The lowest BCUT2D eigenvalue weighted by Gasteiger charge is -2.26. The Kier molecular flexibility index (Phi) is 5.51. The number of ether oxygens (including phenoxy) is 1. The quantitative estimate of drug-likeness (QED) is 0.563. The summed E-state index contributed by atoms with van der Waals surface area (Å²) in [5, 5.41) is 0.855. The highest BCUT2D eigenvalue weighted by atomic mass is 19.1. The molecule has 0 saturated carbocycles. The maximum atomic E-state index is 13.8. The van der Waals surface area contributed by atoms with Gasteiger partial charge >= 0.3 is 0 Å². The van der Waals surface area contributed by atoms with E-state index in [-0.39, 0.29) is 24.6 Å². The van der Waals surface area contributed by atoms with Crippen LogP contribution in [0.5, 0.6) is 0 Å². The molecule has 0 aliphatic carbocycles. The Morgan fingerprint density at radius 1 is 0.970 bits per heavy atom. The molecule has 0 spiro atoms. The Balaban J connectivity index is 1.33. The summed E-state index contributed by atoms with van der Waals surface area (Å²) in [6.45, 7) is 2.26. The second-order valence-electron chi connectivity index (χ2n) is 8.13. The lowest BCUT2D eigenvalue weighted by Crippen LogP contribution is -2.40. The number of carbonyl (C=O) groups excluding carboxylic acids is 3. The van der Waals surface area contributed by atoms with Crippen LogP contribution in [0.15, 0.2) is 66.6 Å². The predicted molar refractivity (Wildman–Crippen MR) is 120 cm³/mol. The Morgan fingerprint density at radius 2 is 1.67 bits per heavy atom. The van der Waals surface area contributed by atoms with Crippen molar-refractivity contribution >= 4 is 28.6 Å². The van der Waals surface area contributed by atoms with Gasteiger partial charge in [0.15, 0.2) is 0 Å². The Hall–Kier alpha value is -3.78. The largest absolute Gasteiger partial charge is 0.378 e. The van der Waals surface area contributed by atoms with Gasteiger partial charge in [-0.2, -0.15) is 0 Å². The number of imide groups is 1. The molecule has 3 aromatic rings. The third-order valence-electron chi connectivity index (χ3n) is 6.08. The van der Waals surface area contributed by atoms with Crippen LogP contribution in [0.4, 0.5) is 4.39 Å². The molecule has 1 aromatic heterocycles. The standard InChI is InChI=1S/C25H22FN3O4/c26-14-17(16-29-24(31)20-3-1-2-4-21(20)25(29)32)15-28-8-7-18-13-19(5-6-22(18)28)23(30)27-9-11-33-12-10-27/h1-8,13-14H,9-12,15-16H2/b17-14-. The van der Waals surface area contributed by atoms with E-state index in [9.17, 15) is 18.8 Å². The molecule has 0 atom stereocenters. The Labute approximate surface area is 189 Å². The van der Waals surface area contributed by atoms with Crippen molar-refractivity contribution in [3.63, 3.8) is 0 Å². The van der Waals surface area contributed by atoms with E-state index in [4.69, 9.17) is 4.74 Å². The molecule has 168 valence electrons. The minimum absolute atomic E-state index is 0.0390. The first-order valence-electron chi connectivity index (χ1n) is 10.8. The zero-order valence-corrected chi connectivity index (χ0v) is 17.9. The van der Waals surface area contributed by atoms with E-state index in [0.717, 1.165) is 15.8 Å². The number of hydrogen-bond acceptors (Lipinski definition) is 4. The number of amides is 3. The zero-order valence-electron chi connectivity index (χ0n) is 17.9. The smallest absolute Gasteiger partial charge is 0.261 e. The van der Waals surface area contributed by atoms with Crippen LogP contribution in [-0.4, -0.2) is 64.9 Å². The molecule has 5 rings (SSSR count). The van der Waals surface area contributed by atoms with Crippen molar-refractivity contribution in [3.8, 4) is 0 Å². The van der Waals surface area contributed by atoms with Gasteiger partial charge in [-0.05, 0) is 42.0 Å². The normalized spacial score (nSPS) is 16.6. The lowest BCUT2D eigenvalue weighted by molar-refractivity contribution is 0.0303. The molecular weight excluding hydrogens is 425 g/mol. The second-order valence-corrected chi connectivity index (χ2v) is 8.13. The topological polar surface area (TPSA) is 71.9 Å². The van der Waals surface area contributed by atoms with Crippen LogP contribution in [-0.2, 0) is 11.3 Å². The van der Waals surface area contributed by atoms with Crippen LogP contribution in [0.3, 0.4) is 0 Å². The van der Waals surface area contributed by atoms with Gasteiger partial charge in [0.1, 0.15) is 0 Å². The van der Waals surface area contributed by atoms with Gasteiger partial charge in [-0.15, -0.1) is 0 Å². The molecule has 7 nitrogen and oxygen atoms in total. The van der Waals surface area contributed by atoms with Gasteiger partial charge in [-0.3, -0.25) is 19.3 Å². The van der Waals surface area contributed by atoms with E-state index in [1.54, 1.807) is 41.4 Å². The van der Waals surface area contributed by atoms with Crippen molar-refractivity contribution < 1.29 is 23.5 Å². The van der Waals surface area contributed by atoms with E-state index in [2.05, 4.69) is 0 Å². The number of rotatable bonds is 5. The molecular formula is C25H22FN3O4. The maximum Gasteiger partial charge on any atom is 0.261 e. The van der Waals surface area contributed by atoms with Crippen LogP contribution in [0, 0.1) is 0 Å².